The number of amides is 1. The number of hydrogen-bond donors (Lipinski definition) is 2. The van der Waals surface area contributed by atoms with Gasteiger partial charge in [-0.15, -0.1) is 0 Å². The van der Waals surface area contributed by atoms with Gasteiger partial charge in [-0.25, -0.2) is 23.2 Å². The maximum atomic E-state index is 14.5. The second-order valence-corrected chi connectivity index (χ2v) is 9.45. The number of carboxylic acid groups (broad SMARTS) is 1. The number of carbonyl (C=O) groups is 1. The first-order chi connectivity index (χ1) is 14.5. The molecule has 0 fully saturated rings. The van der Waals surface area contributed by atoms with E-state index in [1.807, 2.05) is 20.8 Å². The predicted octanol–water partition coefficient (Wildman–Crippen LogP) is 5.57. The second kappa shape index (κ2) is 9.23. The third-order valence-corrected chi connectivity index (χ3v) is 5.74. The van der Waals surface area contributed by atoms with Crippen LogP contribution in [0.1, 0.15) is 26.5 Å². The number of nitrogens with one attached hydrogen (secondary N) is 1. The van der Waals surface area contributed by atoms with Gasteiger partial charge in [-0.05, 0) is 35.7 Å². The third-order valence-electron chi connectivity index (χ3n) is 4.54. The van der Waals surface area contributed by atoms with Crippen molar-refractivity contribution in [2.75, 3.05) is 0 Å². The molecule has 1 unspecified atom stereocenters. The lowest BCUT2D eigenvalue weighted by Gasteiger charge is -2.29. The van der Waals surface area contributed by atoms with Crippen LogP contribution in [0.2, 0.25) is 5.15 Å². The molecule has 0 aliphatic rings. The van der Waals surface area contributed by atoms with Crippen molar-refractivity contribution in [3.8, 4) is 5.69 Å². The highest BCUT2D eigenvalue weighted by Gasteiger charge is 2.28. The molecule has 0 saturated heterocycles. The number of aromatic nitrogens is 3. The van der Waals surface area contributed by atoms with E-state index < -0.39 is 23.8 Å². The minimum atomic E-state index is -1.13. The number of rotatable bonds is 6. The van der Waals surface area contributed by atoms with E-state index in [9.17, 15) is 18.7 Å². The molecule has 1 atom stereocenters. The van der Waals surface area contributed by atoms with Crippen LogP contribution in [0.5, 0.6) is 0 Å². The Morgan fingerprint density at radius 1 is 1.26 bits per heavy atom. The van der Waals surface area contributed by atoms with Crippen molar-refractivity contribution in [3.63, 3.8) is 0 Å². The number of pyridine rings is 1. The fourth-order valence-electron chi connectivity index (χ4n) is 2.88. The average molecular weight is 467 g/mol. The minimum absolute atomic E-state index is 0.0792. The zero-order valence-corrected chi connectivity index (χ0v) is 18.6. The molecule has 0 aliphatic heterocycles. The molecule has 10 heteroatoms. The van der Waals surface area contributed by atoms with E-state index in [0.29, 0.717) is 15.9 Å². The Kier molecular flexibility index (Phi) is 6.86. The topological polar surface area (TPSA) is 80.0 Å². The molecular formula is C21H21ClF2N4O2S. The van der Waals surface area contributed by atoms with Gasteiger partial charge in [0.05, 0.1) is 5.69 Å². The molecule has 0 radical (unpaired) electrons. The first kappa shape index (κ1) is 23.0. The van der Waals surface area contributed by atoms with Crippen LogP contribution in [0.15, 0.2) is 52.5 Å². The molecule has 2 aromatic heterocycles. The lowest BCUT2D eigenvalue weighted by atomic mass is 9.84. The Morgan fingerprint density at radius 2 is 2.00 bits per heavy atom. The average Bonchev–Trinajstić information content (AvgIpc) is 3.04. The number of nitrogens with zero attached hydrogens (tertiary/aromatic N) is 3. The zero-order valence-electron chi connectivity index (χ0n) is 17.1. The number of benzene rings is 1. The molecule has 164 valence electrons. The van der Waals surface area contributed by atoms with Crippen molar-refractivity contribution in [1.82, 2.24) is 20.1 Å². The Labute approximate surface area is 187 Å². The Hall–Kier alpha value is -2.65. The van der Waals surface area contributed by atoms with Crippen molar-refractivity contribution in [3.05, 3.63) is 65.1 Å². The van der Waals surface area contributed by atoms with Crippen molar-refractivity contribution in [1.29, 1.82) is 0 Å². The van der Waals surface area contributed by atoms with E-state index in [1.165, 1.54) is 22.5 Å². The van der Waals surface area contributed by atoms with Crippen LogP contribution in [0.4, 0.5) is 13.6 Å². The van der Waals surface area contributed by atoms with Crippen LogP contribution in [-0.4, -0.2) is 32.0 Å². The monoisotopic (exact) mass is 466 g/mol. The lowest BCUT2D eigenvalue weighted by Crippen LogP contribution is -2.44. The van der Waals surface area contributed by atoms with Gasteiger partial charge in [-0.1, -0.05) is 44.1 Å². The van der Waals surface area contributed by atoms with Crippen molar-refractivity contribution < 1.29 is 18.7 Å². The van der Waals surface area contributed by atoms with Gasteiger partial charge in [0, 0.05) is 29.6 Å². The third kappa shape index (κ3) is 5.95. The van der Waals surface area contributed by atoms with Gasteiger partial charge in [0.2, 0.25) is 0 Å². The quantitative estimate of drug-likeness (QED) is 0.464. The summed E-state index contributed by atoms with van der Waals surface area (Å²) in [5.74, 6) is -1.45. The molecule has 31 heavy (non-hydrogen) atoms. The van der Waals surface area contributed by atoms with E-state index in [2.05, 4.69) is 15.4 Å². The van der Waals surface area contributed by atoms with Gasteiger partial charge in [-0.3, -0.25) is 0 Å². The lowest BCUT2D eigenvalue weighted by molar-refractivity contribution is 0.174. The zero-order chi connectivity index (χ0) is 22.8. The van der Waals surface area contributed by atoms with Crippen molar-refractivity contribution in [2.45, 2.75) is 43.2 Å². The molecule has 0 aliphatic carbocycles. The molecule has 2 N–H and O–H groups in total. The normalized spacial score (nSPS) is 12.6. The predicted molar refractivity (Wildman–Crippen MR) is 115 cm³/mol. The summed E-state index contributed by atoms with van der Waals surface area (Å²) in [6, 6.07) is 7.98. The molecule has 0 saturated carbocycles. The minimum Gasteiger partial charge on any atom is -0.465 e. The summed E-state index contributed by atoms with van der Waals surface area (Å²) in [5, 5.41) is 17.1. The standard InChI is InChI=1S/C21H21ClF2N4O2S/c1-21(2,3)17(26-20(29)30)9-13-10-19(31-14-5-7-18(22)25-11-14)28(27-13)16-6-4-12(23)8-15(16)24/h4-8,10-11,17,26H,9H2,1-3H3,(H,29,30). The van der Waals surface area contributed by atoms with Crippen molar-refractivity contribution in [2.24, 2.45) is 5.41 Å². The van der Waals surface area contributed by atoms with E-state index in [0.717, 1.165) is 17.0 Å². The summed E-state index contributed by atoms with van der Waals surface area (Å²) in [6.07, 6.45) is 0.735. The van der Waals surface area contributed by atoms with Gasteiger partial charge in [0.25, 0.3) is 0 Å². The first-order valence-electron chi connectivity index (χ1n) is 9.36. The molecular weight excluding hydrogens is 446 g/mol. The molecule has 1 aromatic carbocycles. The smallest absolute Gasteiger partial charge is 0.404 e. The van der Waals surface area contributed by atoms with Crippen LogP contribution in [0.3, 0.4) is 0 Å². The molecule has 1 amide bonds. The second-order valence-electron chi connectivity index (χ2n) is 7.97. The summed E-state index contributed by atoms with van der Waals surface area (Å²) >= 11 is 7.13. The van der Waals surface area contributed by atoms with Crippen LogP contribution < -0.4 is 5.32 Å². The Morgan fingerprint density at radius 3 is 2.58 bits per heavy atom. The highest BCUT2D eigenvalue weighted by atomic mass is 35.5. The molecule has 0 spiro atoms. The van der Waals surface area contributed by atoms with Gasteiger partial charge >= 0.3 is 6.09 Å². The maximum absolute atomic E-state index is 14.5. The Balaban J connectivity index is 2.02. The highest BCUT2D eigenvalue weighted by Crippen LogP contribution is 2.32. The summed E-state index contributed by atoms with van der Waals surface area (Å²) in [6.45, 7) is 5.75. The van der Waals surface area contributed by atoms with Crippen LogP contribution in [-0.2, 0) is 6.42 Å². The van der Waals surface area contributed by atoms with Crippen LogP contribution >= 0.6 is 23.4 Å². The van der Waals surface area contributed by atoms with E-state index >= 15 is 0 Å². The number of hydrogen-bond acceptors (Lipinski definition) is 4. The first-order valence-corrected chi connectivity index (χ1v) is 10.6. The Bertz CT molecular complexity index is 1080. The maximum Gasteiger partial charge on any atom is 0.404 e. The van der Waals surface area contributed by atoms with E-state index in [-0.39, 0.29) is 17.5 Å². The number of halogens is 3. The molecule has 3 rings (SSSR count). The fraction of sp³-hybridized carbons (Fsp3) is 0.286. The highest BCUT2D eigenvalue weighted by molar-refractivity contribution is 7.99. The molecule has 2 heterocycles. The van der Waals surface area contributed by atoms with Gasteiger partial charge in [0.15, 0.2) is 5.82 Å². The molecule has 3 aromatic rings. The van der Waals surface area contributed by atoms with Crippen LogP contribution in [0.25, 0.3) is 5.69 Å². The van der Waals surface area contributed by atoms with Gasteiger partial charge < -0.3 is 10.4 Å². The molecule has 0 bridgehead atoms. The summed E-state index contributed by atoms with van der Waals surface area (Å²) in [5.41, 5.74) is 0.258. The van der Waals surface area contributed by atoms with E-state index in [4.69, 9.17) is 11.6 Å². The molecule has 6 nitrogen and oxygen atoms in total. The largest absolute Gasteiger partial charge is 0.465 e. The van der Waals surface area contributed by atoms with Gasteiger partial charge in [0.1, 0.15) is 21.7 Å². The summed E-state index contributed by atoms with van der Waals surface area (Å²) in [4.78, 5) is 16.0. The van der Waals surface area contributed by atoms with E-state index in [1.54, 1.807) is 24.4 Å². The van der Waals surface area contributed by atoms with Crippen molar-refractivity contribution >= 4 is 29.5 Å². The summed E-state index contributed by atoms with van der Waals surface area (Å²) in [7, 11) is 0. The SMILES string of the molecule is CC(C)(C)C(Cc1cc(Sc2ccc(Cl)nc2)n(-c2ccc(F)cc2F)n1)NC(=O)O. The van der Waals surface area contributed by atoms with Crippen LogP contribution in [0, 0.1) is 17.0 Å². The summed E-state index contributed by atoms with van der Waals surface area (Å²) < 4.78 is 29.3. The fourth-order valence-corrected chi connectivity index (χ4v) is 3.90. The van der Waals surface area contributed by atoms with Gasteiger partial charge in [-0.2, -0.15) is 5.10 Å².